The molecule has 0 radical (unpaired) electrons. The molecule has 2 aliphatic rings. The third-order valence-electron chi connectivity index (χ3n) is 3.61. The number of nitrogens with zero attached hydrogens (tertiary/aromatic N) is 2. The minimum Gasteiger partial charge on any atom is -0.483 e. The van der Waals surface area contributed by atoms with Crippen LogP contribution in [0.4, 0.5) is 0 Å². The van der Waals surface area contributed by atoms with E-state index in [-0.39, 0.29) is 18.3 Å². The number of hydrazine groups is 1. The molecule has 3 N–H and O–H groups in total. The van der Waals surface area contributed by atoms with E-state index in [0.717, 1.165) is 25.9 Å². The molecule has 2 heterocycles. The maximum Gasteiger partial charge on any atom is 0.290 e. The fraction of sp³-hybridized carbons (Fsp3) is 0.833. The van der Waals surface area contributed by atoms with Crippen LogP contribution in [0.15, 0.2) is 0 Å². The molecule has 104 valence electrons. The average Bonchev–Trinajstić information content (AvgIpc) is 2.41. The van der Waals surface area contributed by atoms with Crippen molar-refractivity contribution in [3.63, 3.8) is 0 Å². The van der Waals surface area contributed by atoms with E-state index in [0.29, 0.717) is 0 Å². The Morgan fingerprint density at radius 3 is 1.94 bits per heavy atom. The van der Waals surface area contributed by atoms with Crippen LogP contribution in [0.3, 0.4) is 0 Å². The molecular formula is C12H23N3O3. The summed E-state index contributed by atoms with van der Waals surface area (Å²) in [4.78, 5) is 19.4. The molecule has 2 aliphatic heterocycles. The summed E-state index contributed by atoms with van der Waals surface area (Å²) in [6.45, 7) is 4.16. The van der Waals surface area contributed by atoms with E-state index in [2.05, 4.69) is 10.0 Å². The van der Waals surface area contributed by atoms with Crippen molar-refractivity contribution in [1.82, 2.24) is 10.0 Å². The first-order valence-corrected chi connectivity index (χ1v) is 6.56. The number of piperidine rings is 2. The lowest BCUT2D eigenvalue weighted by Crippen LogP contribution is -2.50. The summed E-state index contributed by atoms with van der Waals surface area (Å²) in [7, 11) is 0. The van der Waals surface area contributed by atoms with Gasteiger partial charge in [-0.3, -0.25) is 9.59 Å². The molecule has 2 fully saturated rings. The van der Waals surface area contributed by atoms with Crippen LogP contribution in [0.1, 0.15) is 32.1 Å². The molecule has 0 aromatic carbocycles. The van der Waals surface area contributed by atoms with Crippen LogP contribution >= 0.6 is 0 Å². The Kier molecular flexibility index (Phi) is 6.67. The Morgan fingerprint density at radius 2 is 1.50 bits per heavy atom. The lowest BCUT2D eigenvalue weighted by molar-refractivity contribution is -0.126. The first-order valence-electron chi connectivity index (χ1n) is 6.56. The fourth-order valence-electron chi connectivity index (χ4n) is 2.59. The normalized spacial score (nSPS) is 22.9. The van der Waals surface area contributed by atoms with E-state index in [9.17, 15) is 4.79 Å². The monoisotopic (exact) mass is 257 g/mol. The van der Waals surface area contributed by atoms with E-state index in [1.807, 2.05) is 0 Å². The van der Waals surface area contributed by atoms with E-state index in [1.54, 1.807) is 0 Å². The second-order valence-corrected chi connectivity index (χ2v) is 4.75. The Labute approximate surface area is 108 Å². The van der Waals surface area contributed by atoms with Crippen molar-refractivity contribution in [3.8, 4) is 0 Å². The van der Waals surface area contributed by atoms with Crippen LogP contribution in [0.25, 0.3) is 0 Å². The van der Waals surface area contributed by atoms with Gasteiger partial charge in [0.05, 0.1) is 0 Å². The molecule has 2 rings (SSSR count). The molecule has 0 spiro atoms. The highest BCUT2D eigenvalue weighted by Gasteiger charge is 2.26. The van der Waals surface area contributed by atoms with Gasteiger partial charge in [-0.05, 0) is 25.7 Å². The van der Waals surface area contributed by atoms with E-state index in [4.69, 9.17) is 15.6 Å². The van der Waals surface area contributed by atoms with Gasteiger partial charge in [-0.25, -0.2) is 10.0 Å². The number of carboxylic acid groups (broad SMARTS) is 1. The molecule has 0 unspecified atom stereocenters. The molecule has 0 aliphatic carbocycles. The zero-order valence-electron chi connectivity index (χ0n) is 10.8. The highest BCUT2D eigenvalue weighted by molar-refractivity contribution is 5.76. The quantitative estimate of drug-likeness (QED) is 0.694. The molecule has 18 heavy (non-hydrogen) atoms. The number of hydrogen-bond donors (Lipinski definition) is 2. The third-order valence-corrected chi connectivity index (χ3v) is 3.61. The largest absolute Gasteiger partial charge is 0.483 e. The van der Waals surface area contributed by atoms with Gasteiger partial charge in [0.2, 0.25) is 5.91 Å². The highest BCUT2D eigenvalue weighted by atomic mass is 16.3. The maximum atomic E-state index is 11.0. The number of hydrogen-bond acceptors (Lipinski definition) is 4. The molecule has 0 atom stereocenters. The summed E-state index contributed by atoms with van der Waals surface area (Å²) in [5.41, 5.74) is 5.32. The summed E-state index contributed by atoms with van der Waals surface area (Å²) in [5.74, 6) is -0.000616. The number of primary amides is 1. The Morgan fingerprint density at radius 1 is 1.06 bits per heavy atom. The van der Waals surface area contributed by atoms with Crippen molar-refractivity contribution >= 4 is 12.4 Å². The second kappa shape index (κ2) is 8.05. The molecule has 6 heteroatoms. The van der Waals surface area contributed by atoms with Crippen molar-refractivity contribution in [1.29, 1.82) is 0 Å². The van der Waals surface area contributed by atoms with E-state index in [1.165, 1.54) is 32.4 Å². The van der Waals surface area contributed by atoms with Gasteiger partial charge in [0.1, 0.15) is 0 Å². The van der Waals surface area contributed by atoms with Gasteiger partial charge in [0, 0.05) is 32.1 Å². The van der Waals surface area contributed by atoms with Crippen molar-refractivity contribution < 1.29 is 14.7 Å². The Bertz CT molecular complexity index is 259. The minimum atomic E-state index is -0.250. The van der Waals surface area contributed by atoms with E-state index >= 15 is 0 Å². The number of carbonyl (C=O) groups is 2. The lowest BCUT2D eigenvalue weighted by atomic mass is 9.97. The molecule has 2 saturated heterocycles. The Hall–Kier alpha value is -1.14. The number of carbonyl (C=O) groups excluding carboxylic acids is 1. The third kappa shape index (κ3) is 4.62. The molecule has 0 aromatic rings. The summed E-state index contributed by atoms with van der Waals surface area (Å²) >= 11 is 0. The highest BCUT2D eigenvalue weighted by Crippen LogP contribution is 2.20. The topological polar surface area (TPSA) is 86.9 Å². The summed E-state index contributed by atoms with van der Waals surface area (Å²) in [6.07, 6.45) is 5.87. The fourth-order valence-corrected chi connectivity index (χ4v) is 2.59. The lowest BCUT2D eigenvalue weighted by Gasteiger charge is -2.41. The van der Waals surface area contributed by atoms with Gasteiger partial charge < -0.3 is 10.8 Å². The van der Waals surface area contributed by atoms with Crippen LogP contribution in [0.2, 0.25) is 0 Å². The first-order chi connectivity index (χ1) is 8.69. The summed E-state index contributed by atoms with van der Waals surface area (Å²) < 4.78 is 0. The van der Waals surface area contributed by atoms with Crippen molar-refractivity contribution in [2.45, 2.75) is 32.1 Å². The zero-order valence-corrected chi connectivity index (χ0v) is 10.8. The zero-order chi connectivity index (χ0) is 13.4. The molecule has 0 aromatic heterocycles. The van der Waals surface area contributed by atoms with Crippen molar-refractivity contribution in [2.75, 3.05) is 26.2 Å². The smallest absolute Gasteiger partial charge is 0.290 e. The van der Waals surface area contributed by atoms with Crippen LogP contribution in [0, 0.1) is 5.92 Å². The van der Waals surface area contributed by atoms with Crippen LogP contribution in [-0.2, 0) is 9.59 Å². The predicted molar refractivity (Wildman–Crippen MR) is 67.6 cm³/mol. The van der Waals surface area contributed by atoms with Crippen molar-refractivity contribution in [2.24, 2.45) is 11.7 Å². The number of rotatable bonds is 2. The maximum absolute atomic E-state index is 11.0. The standard InChI is InChI=1S/C11H21N3O.CH2O2/c12-11(15)10-4-8-14(9-5-10)13-6-2-1-3-7-13;2-1-3/h10H,1-9H2,(H2,12,15);1H,(H,2,3). The van der Waals surface area contributed by atoms with Gasteiger partial charge in [0.15, 0.2) is 0 Å². The van der Waals surface area contributed by atoms with Gasteiger partial charge >= 0.3 is 0 Å². The minimum absolute atomic E-state index is 0.117. The van der Waals surface area contributed by atoms with Gasteiger partial charge in [-0.15, -0.1) is 0 Å². The van der Waals surface area contributed by atoms with Crippen LogP contribution in [0.5, 0.6) is 0 Å². The molecule has 0 saturated carbocycles. The van der Waals surface area contributed by atoms with E-state index < -0.39 is 0 Å². The first kappa shape index (κ1) is 14.9. The molecule has 0 bridgehead atoms. The number of amides is 1. The predicted octanol–water partition coefficient (Wildman–Crippen LogP) is 0.285. The summed E-state index contributed by atoms with van der Waals surface area (Å²) in [5, 5.41) is 11.8. The second-order valence-electron chi connectivity index (χ2n) is 4.75. The molecular weight excluding hydrogens is 234 g/mol. The average molecular weight is 257 g/mol. The van der Waals surface area contributed by atoms with Gasteiger partial charge in [-0.2, -0.15) is 0 Å². The number of nitrogens with two attached hydrogens (primary N) is 1. The molecule has 1 amide bonds. The van der Waals surface area contributed by atoms with Crippen LogP contribution < -0.4 is 5.73 Å². The van der Waals surface area contributed by atoms with Gasteiger partial charge in [-0.1, -0.05) is 6.42 Å². The summed E-state index contributed by atoms with van der Waals surface area (Å²) in [6, 6.07) is 0. The SMILES string of the molecule is NC(=O)C1CCN(N2CCCCC2)CC1.O=CO. The Balaban J connectivity index is 0.000000492. The van der Waals surface area contributed by atoms with Gasteiger partial charge in [0.25, 0.3) is 6.47 Å². The molecule has 6 nitrogen and oxygen atoms in total. The van der Waals surface area contributed by atoms with Crippen LogP contribution in [-0.4, -0.2) is 53.7 Å². The van der Waals surface area contributed by atoms with Crippen molar-refractivity contribution in [3.05, 3.63) is 0 Å².